The Balaban J connectivity index is 2.31. The van der Waals surface area contributed by atoms with Gasteiger partial charge >= 0.3 is 0 Å². The lowest BCUT2D eigenvalue weighted by atomic mass is 10.2. The maximum absolute atomic E-state index is 11.3. The van der Waals surface area contributed by atoms with E-state index in [0.717, 1.165) is 10.2 Å². The number of anilines is 1. The normalized spacial score (nSPS) is 17.6. The monoisotopic (exact) mass is 295 g/mol. The fourth-order valence-electron chi connectivity index (χ4n) is 1.72. The van der Waals surface area contributed by atoms with Crippen LogP contribution in [0.15, 0.2) is 33.7 Å². The number of Topliss-reactive ketones (excluding diaryl/α,β-unsaturated/α-hetero) is 1. The molecule has 1 aromatic carbocycles. The molecular formula is C12H14BrN3O. The quantitative estimate of drug-likeness (QED) is 0.912. The van der Waals surface area contributed by atoms with Gasteiger partial charge in [0.05, 0.1) is 5.69 Å². The lowest BCUT2D eigenvalue weighted by Crippen LogP contribution is -2.47. The van der Waals surface area contributed by atoms with Crippen molar-refractivity contribution in [3.63, 3.8) is 0 Å². The van der Waals surface area contributed by atoms with Gasteiger partial charge in [0, 0.05) is 11.4 Å². The van der Waals surface area contributed by atoms with Gasteiger partial charge in [0.15, 0.2) is 11.6 Å². The van der Waals surface area contributed by atoms with Gasteiger partial charge in [-0.3, -0.25) is 15.2 Å². The number of hydrogen-bond acceptors (Lipinski definition) is 4. The second kappa shape index (κ2) is 4.14. The smallest absolute Gasteiger partial charge is 0.196 e. The van der Waals surface area contributed by atoms with E-state index in [4.69, 9.17) is 0 Å². The van der Waals surface area contributed by atoms with E-state index in [0.29, 0.717) is 5.84 Å². The van der Waals surface area contributed by atoms with Crippen LogP contribution in [-0.4, -0.2) is 17.3 Å². The molecule has 0 radical (unpaired) electrons. The number of hydrazine groups is 1. The molecule has 5 heteroatoms. The van der Waals surface area contributed by atoms with Crippen LogP contribution < -0.4 is 10.4 Å². The van der Waals surface area contributed by atoms with E-state index >= 15 is 0 Å². The molecule has 0 bridgehead atoms. The molecule has 2 rings (SSSR count). The highest BCUT2D eigenvalue weighted by molar-refractivity contribution is 9.10. The van der Waals surface area contributed by atoms with Gasteiger partial charge in [-0.25, -0.2) is 4.99 Å². The Bertz CT molecular complexity index is 479. The van der Waals surface area contributed by atoms with Gasteiger partial charge in [-0.05, 0) is 38.1 Å². The summed E-state index contributed by atoms with van der Waals surface area (Å²) in [5.74, 6) is 0.343. The highest BCUT2D eigenvalue weighted by Crippen LogP contribution is 2.27. The van der Waals surface area contributed by atoms with Gasteiger partial charge in [-0.2, -0.15) is 0 Å². The minimum absolute atomic E-state index is 0.0577. The van der Waals surface area contributed by atoms with Gasteiger partial charge in [0.25, 0.3) is 0 Å². The van der Waals surface area contributed by atoms with Crippen molar-refractivity contribution in [1.29, 1.82) is 0 Å². The van der Waals surface area contributed by atoms with Gasteiger partial charge in [-0.15, -0.1) is 0 Å². The number of carbonyl (C=O) groups is 1. The van der Waals surface area contributed by atoms with Gasteiger partial charge in [0.1, 0.15) is 5.66 Å². The molecule has 17 heavy (non-hydrogen) atoms. The molecule has 0 spiro atoms. The summed E-state index contributed by atoms with van der Waals surface area (Å²) in [6.07, 6.45) is 0. The standard InChI is InChI=1S/C12H14BrN3O/c1-8(17)11-14-12(2,3)16(15-11)10-6-4-9(13)5-7-10/h4-7H,1-3H3,(H,14,15). The van der Waals surface area contributed by atoms with Crippen LogP contribution in [-0.2, 0) is 4.79 Å². The van der Waals surface area contributed by atoms with Crippen LogP contribution >= 0.6 is 15.9 Å². The van der Waals surface area contributed by atoms with Crippen molar-refractivity contribution in [3.05, 3.63) is 28.7 Å². The predicted octanol–water partition coefficient (Wildman–Crippen LogP) is 2.50. The summed E-state index contributed by atoms with van der Waals surface area (Å²) in [7, 11) is 0. The molecule has 0 aliphatic carbocycles. The summed E-state index contributed by atoms with van der Waals surface area (Å²) >= 11 is 3.40. The summed E-state index contributed by atoms with van der Waals surface area (Å²) in [6, 6.07) is 7.85. The molecule has 1 N–H and O–H groups in total. The van der Waals surface area contributed by atoms with Crippen molar-refractivity contribution < 1.29 is 4.79 Å². The molecule has 0 amide bonds. The van der Waals surface area contributed by atoms with E-state index < -0.39 is 5.66 Å². The first-order valence-electron chi connectivity index (χ1n) is 5.33. The first kappa shape index (κ1) is 12.1. The molecule has 0 saturated carbocycles. The third kappa shape index (κ3) is 2.34. The molecule has 1 aromatic rings. The van der Waals surface area contributed by atoms with E-state index in [1.165, 1.54) is 6.92 Å². The number of nitrogens with zero attached hydrogens (tertiary/aromatic N) is 2. The van der Waals surface area contributed by atoms with Gasteiger partial charge < -0.3 is 0 Å². The van der Waals surface area contributed by atoms with Crippen molar-refractivity contribution >= 4 is 33.2 Å². The lowest BCUT2D eigenvalue weighted by molar-refractivity contribution is -0.111. The van der Waals surface area contributed by atoms with Crippen molar-refractivity contribution in [2.45, 2.75) is 26.4 Å². The Morgan fingerprint density at radius 2 is 1.94 bits per heavy atom. The minimum atomic E-state index is -0.463. The summed E-state index contributed by atoms with van der Waals surface area (Å²) in [4.78, 5) is 15.7. The summed E-state index contributed by atoms with van der Waals surface area (Å²) in [5, 5.41) is 1.89. The highest BCUT2D eigenvalue weighted by atomic mass is 79.9. The number of benzene rings is 1. The highest BCUT2D eigenvalue weighted by Gasteiger charge is 2.34. The van der Waals surface area contributed by atoms with E-state index in [1.807, 2.05) is 43.1 Å². The van der Waals surface area contributed by atoms with Crippen LogP contribution in [0.2, 0.25) is 0 Å². The van der Waals surface area contributed by atoms with Crippen molar-refractivity contribution in [3.8, 4) is 0 Å². The number of amidine groups is 1. The van der Waals surface area contributed by atoms with Crippen molar-refractivity contribution in [2.75, 3.05) is 5.01 Å². The Kier molecular flexibility index (Phi) is 2.95. The lowest BCUT2D eigenvalue weighted by Gasteiger charge is -2.30. The summed E-state index contributed by atoms with van der Waals surface area (Å²) in [6.45, 7) is 5.42. The number of rotatable bonds is 2. The van der Waals surface area contributed by atoms with Crippen LogP contribution in [0.4, 0.5) is 5.69 Å². The predicted molar refractivity (Wildman–Crippen MR) is 72.0 cm³/mol. The molecule has 1 aliphatic rings. The number of nitrogens with one attached hydrogen (secondary N) is 1. The molecule has 0 aromatic heterocycles. The number of ketones is 1. The summed E-state index contributed by atoms with van der Waals surface area (Å²) < 4.78 is 1.02. The largest absolute Gasteiger partial charge is 0.291 e. The molecule has 0 unspecified atom stereocenters. The maximum atomic E-state index is 11.3. The van der Waals surface area contributed by atoms with E-state index in [2.05, 4.69) is 26.3 Å². The first-order valence-corrected chi connectivity index (χ1v) is 6.13. The molecule has 0 atom stereocenters. The zero-order valence-corrected chi connectivity index (χ0v) is 11.6. The van der Waals surface area contributed by atoms with Crippen LogP contribution in [0.25, 0.3) is 0 Å². The first-order chi connectivity index (χ1) is 7.90. The molecule has 0 saturated heterocycles. The molecule has 0 fully saturated rings. The topological polar surface area (TPSA) is 44.7 Å². The SMILES string of the molecule is CC(=O)C1=NC(C)(C)N(c2ccc(Br)cc2)N1. The van der Waals surface area contributed by atoms with Crippen LogP contribution in [0, 0.1) is 0 Å². The number of halogens is 1. The van der Waals surface area contributed by atoms with Crippen LogP contribution in [0.3, 0.4) is 0 Å². The fourth-order valence-corrected chi connectivity index (χ4v) is 1.98. The Morgan fingerprint density at radius 3 is 2.41 bits per heavy atom. The molecular weight excluding hydrogens is 282 g/mol. The Hall–Kier alpha value is -1.36. The second-order valence-electron chi connectivity index (χ2n) is 4.43. The molecule has 1 heterocycles. The third-order valence-corrected chi connectivity index (χ3v) is 3.10. The average molecular weight is 296 g/mol. The Morgan fingerprint density at radius 1 is 1.35 bits per heavy atom. The van der Waals surface area contributed by atoms with E-state index in [1.54, 1.807) is 0 Å². The Labute approximate surface area is 109 Å². The minimum Gasteiger partial charge on any atom is -0.291 e. The van der Waals surface area contributed by atoms with E-state index in [-0.39, 0.29) is 5.78 Å². The van der Waals surface area contributed by atoms with Crippen molar-refractivity contribution in [1.82, 2.24) is 5.43 Å². The number of aliphatic imine (C=N–C) groups is 1. The summed E-state index contributed by atoms with van der Waals surface area (Å²) in [5.41, 5.74) is 3.54. The van der Waals surface area contributed by atoms with Gasteiger partial charge in [-0.1, -0.05) is 15.9 Å². The second-order valence-corrected chi connectivity index (χ2v) is 5.35. The molecule has 1 aliphatic heterocycles. The average Bonchev–Trinajstić information content (AvgIpc) is 2.56. The van der Waals surface area contributed by atoms with Crippen molar-refractivity contribution in [2.24, 2.45) is 4.99 Å². The fraction of sp³-hybridized carbons (Fsp3) is 0.333. The van der Waals surface area contributed by atoms with E-state index in [9.17, 15) is 4.79 Å². The number of carbonyl (C=O) groups excluding carboxylic acids is 1. The zero-order valence-electron chi connectivity index (χ0n) is 9.99. The molecule has 90 valence electrons. The van der Waals surface area contributed by atoms with Crippen LogP contribution in [0.5, 0.6) is 0 Å². The maximum Gasteiger partial charge on any atom is 0.196 e. The van der Waals surface area contributed by atoms with Gasteiger partial charge in [0.2, 0.25) is 0 Å². The number of hydrogen-bond donors (Lipinski definition) is 1. The zero-order chi connectivity index (χ0) is 12.6. The van der Waals surface area contributed by atoms with Crippen LogP contribution in [0.1, 0.15) is 20.8 Å². The third-order valence-electron chi connectivity index (χ3n) is 2.57. The molecule has 4 nitrogen and oxygen atoms in total.